The van der Waals surface area contributed by atoms with Crippen molar-refractivity contribution in [2.24, 2.45) is 0 Å². The molecule has 4 aromatic heterocycles. The van der Waals surface area contributed by atoms with E-state index in [1.165, 1.54) is 224 Å². The fourth-order valence-corrected chi connectivity index (χ4v) is 16.3. The third kappa shape index (κ3) is 6.07. The minimum absolute atomic E-state index is 0.00179. The zero-order valence-corrected chi connectivity index (χ0v) is 40.5. The van der Waals surface area contributed by atoms with Crippen LogP contribution in [-0.2, 0) is 32.5 Å². The molecule has 4 saturated carbocycles. The van der Waals surface area contributed by atoms with Crippen molar-refractivity contribution in [2.45, 2.75) is 254 Å². The van der Waals surface area contributed by atoms with Crippen LogP contribution >= 0.6 is 0 Å². The second-order valence-corrected chi connectivity index (χ2v) is 25.4. The summed E-state index contributed by atoms with van der Waals surface area (Å²) in [6, 6.07) is 8.09. The third-order valence-corrected chi connectivity index (χ3v) is 19.7. The van der Waals surface area contributed by atoms with Crippen molar-refractivity contribution in [3.05, 3.63) is 64.2 Å². The van der Waals surface area contributed by atoms with Crippen molar-refractivity contribution >= 4 is 48.9 Å². The summed E-state index contributed by atoms with van der Waals surface area (Å²) < 4.78 is 2.80. The van der Waals surface area contributed by atoms with E-state index in [2.05, 4.69) is 76.5 Å². The monoisotopic (exact) mass is 842 g/mol. The molecule has 3 heteroatoms. The maximum Gasteiger partial charge on any atom is 0.0729 e. The van der Waals surface area contributed by atoms with Gasteiger partial charge in [0.15, 0.2) is 0 Å². The maximum absolute atomic E-state index is 5.96. The first kappa shape index (κ1) is 41.2. The summed E-state index contributed by atoms with van der Waals surface area (Å²) in [7, 11) is 0. The molecule has 2 aromatic carbocycles. The van der Waals surface area contributed by atoms with Gasteiger partial charge in [0.25, 0.3) is 0 Å². The molecule has 6 aliphatic carbocycles. The number of hydrogen-bond donors (Lipinski definition) is 0. The number of aromatic nitrogens is 3. The summed E-state index contributed by atoms with van der Waals surface area (Å²) in [5, 5.41) is 9.32. The van der Waals surface area contributed by atoms with Gasteiger partial charge in [-0.3, -0.25) is 9.97 Å². The molecule has 6 aliphatic rings. The number of pyridine rings is 2. The van der Waals surface area contributed by atoms with Crippen LogP contribution in [0, 0.1) is 0 Å². The maximum atomic E-state index is 5.96. The van der Waals surface area contributed by atoms with Gasteiger partial charge < -0.3 is 4.40 Å². The van der Waals surface area contributed by atoms with Gasteiger partial charge in [-0.25, -0.2) is 0 Å². The molecule has 0 amide bonds. The van der Waals surface area contributed by atoms with Crippen LogP contribution in [0.5, 0.6) is 0 Å². The molecule has 0 unspecified atom stereocenters. The third-order valence-electron chi connectivity index (χ3n) is 19.7. The van der Waals surface area contributed by atoms with Crippen LogP contribution < -0.4 is 0 Å². The van der Waals surface area contributed by atoms with Crippen LogP contribution in [0.15, 0.2) is 30.6 Å². The molecule has 6 aromatic rings. The molecule has 12 rings (SSSR count). The van der Waals surface area contributed by atoms with E-state index in [4.69, 9.17) is 9.97 Å². The highest BCUT2D eigenvalue weighted by Crippen LogP contribution is 2.62. The van der Waals surface area contributed by atoms with Crippen molar-refractivity contribution in [3.8, 4) is 0 Å². The Balaban J connectivity index is 1.30. The molecular formula is C60H79N3. The number of rotatable bonds is 0. The van der Waals surface area contributed by atoms with Gasteiger partial charge in [-0.2, -0.15) is 0 Å². The van der Waals surface area contributed by atoms with Gasteiger partial charge in [0.2, 0.25) is 0 Å². The Morgan fingerprint density at radius 3 is 1.25 bits per heavy atom. The molecule has 0 radical (unpaired) electrons. The van der Waals surface area contributed by atoms with Gasteiger partial charge in [0.1, 0.15) is 0 Å². The molecule has 3 nitrogen and oxygen atoms in total. The van der Waals surface area contributed by atoms with Crippen LogP contribution in [0.2, 0.25) is 0 Å². The topological polar surface area (TPSA) is 30.2 Å². The van der Waals surface area contributed by atoms with E-state index in [0.717, 1.165) is 0 Å². The van der Waals surface area contributed by atoms with Crippen molar-refractivity contribution < 1.29 is 0 Å². The minimum Gasteiger partial charge on any atom is -0.305 e. The highest BCUT2D eigenvalue weighted by molar-refractivity contribution is 6.33. The Bertz CT molecular complexity index is 2710. The molecule has 0 saturated heterocycles. The molecule has 0 N–H and O–H groups in total. The minimum atomic E-state index is -0.00179. The quantitative estimate of drug-likeness (QED) is 0.152. The molecule has 0 atom stereocenters. The van der Waals surface area contributed by atoms with Gasteiger partial charge in [-0.1, -0.05) is 150 Å². The average Bonchev–Trinajstić information content (AvgIpc) is 3.52. The number of nitrogens with zero attached hydrogens (tertiary/aromatic N) is 3. The molecule has 0 bridgehead atoms. The smallest absolute Gasteiger partial charge is 0.0729 e. The molecule has 4 fully saturated rings. The lowest BCUT2D eigenvalue weighted by atomic mass is 9.56. The first-order valence-corrected chi connectivity index (χ1v) is 26.9. The normalized spacial score (nSPS) is 24.0. The van der Waals surface area contributed by atoms with Crippen molar-refractivity contribution in [1.82, 2.24) is 14.4 Å². The van der Waals surface area contributed by atoms with Crippen LogP contribution in [0.1, 0.15) is 255 Å². The molecule has 4 spiro atoms. The summed E-state index contributed by atoms with van der Waals surface area (Å²) in [5.41, 5.74) is 14.7. The Hall–Kier alpha value is -3.20. The summed E-state index contributed by atoms with van der Waals surface area (Å²) in [6.45, 7) is 14.8. The van der Waals surface area contributed by atoms with Crippen LogP contribution in [-0.4, -0.2) is 14.4 Å². The molecule has 0 aliphatic heterocycles. The van der Waals surface area contributed by atoms with Crippen molar-refractivity contribution in [3.63, 3.8) is 0 Å². The van der Waals surface area contributed by atoms with Crippen LogP contribution in [0.25, 0.3) is 48.9 Å². The highest BCUT2D eigenvalue weighted by atomic mass is 15.0. The zero-order valence-electron chi connectivity index (χ0n) is 40.5. The first-order chi connectivity index (χ1) is 30.4. The number of fused-ring (bicyclic) bond motifs is 16. The molecule has 4 heterocycles. The van der Waals surface area contributed by atoms with Crippen LogP contribution in [0.4, 0.5) is 0 Å². The number of hydrogen-bond acceptors (Lipinski definition) is 2. The standard InChI is InChI=1S/C60H79N3/c1-55(2,3)40-35-42-41(44(36-40)56(4,5)6)37-43-47-45(38-61-53-50(47)57(23-15-7-8-16-24-57)31-33-59(53)27-19-11-12-20-28-59)63-46-39-62-54-51(49(46)48(42)52(43)63)58(25-17-9-10-18-26-58)32-34-60(54)29-21-13-14-22-30-60/h35-39H,7-34H2,1-6H3. The Labute approximate surface area is 379 Å². The highest BCUT2D eigenvalue weighted by Gasteiger charge is 2.51. The lowest BCUT2D eigenvalue weighted by Crippen LogP contribution is -2.41. The zero-order chi connectivity index (χ0) is 43.0. The van der Waals surface area contributed by atoms with E-state index in [1.54, 1.807) is 38.7 Å². The summed E-state index contributed by atoms with van der Waals surface area (Å²) >= 11 is 0. The van der Waals surface area contributed by atoms with Gasteiger partial charge in [0.05, 0.1) is 40.3 Å². The van der Waals surface area contributed by atoms with E-state index < -0.39 is 0 Å². The van der Waals surface area contributed by atoms with E-state index in [1.807, 2.05) is 0 Å². The Morgan fingerprint density at radius 2 is 0.810 bits per heavy atom. The summed E-state index contributed by atoms with van der Waals surface area (Å²) in [5.74, 6) is 0. The number of benzene rings is 2. The lowest BCUT2D eigenvalue weighted by molar-refractivity contribution is 0.219. The average molecular weight is 842 g/mol. The SMILES string of the molecule is CC(C)(C)c1cc(C(C)(C)C)c2cc3c4c5c(ncc4n4c6cnc7c(c6c(c2c1)c34)C1(CCCCCC1)CCC71CCCCCC1)C1(CCCCCC1)CCC51CCCCCC1. The second kappa shape index (κ2) is 14.6. The van der Waals surface area contributed by atoms with E-state index >= 15 is 0 Å². The Morgan fingerprint density at radius 1 is 0.397 bits per heavy atom. The van der Waals surface area contributed by atoms with Crippen LogP contribution in [0.3, 0.4) is 0 Å². The van der Waals surface area contributed by atoms with E-state index in [9.17, 15) is 0 Å². The van der Waals surface area contributed by atoms with Crippen molar-refractivity contribution in [1.29, 1.82) is 0 Å². The molecular weight excluding hydrogens is 763 g/mol. The lowest BCUT2D eigenvalue weighted by Gasteiger charge is -2.48. The predicted molar refractivity (Wildman–Crippen MR) is 268 cm³/mol. The van der Waals surface area contributed by atoms with Gasteiger partial charge >= 0.3 is 0 Å². The fourth-order valence-electron chi connectivity index (χ4n) is 16.3. The van der Waals surface area contributed by atoms with Crippen molar-refractivity contribution in [2.75, 3.05) is 0 Å². The van der Waals surface area contributed by atoms with Gasteiger partial charge in [-0.15, -0.1) is 0 Å². The molecule has 63 heavy (non-hydrogen) atoms. The second-order valence-electron chi connectivity index (χ2n) is 25.4. The largest absolute Gasteiger partial charge is 0.305 e. The van der Waals surface area contributed by atoms with Gasteiger partial charge in [0, 0.05) is 32.4 Å². The summed E-state index contributed by atoms with van der Waals surface area (Å²) in [6.07, 6.45) is 42.9. The predicted octanol–water partition coefficient (Wildman–Crippen LogP) is 17.3. The Kier molecular flexibility index (Phi) is 9.59. The van der Waals surface area contributed by atoms with E-state index in [0.29, 0.717) is 0 Å². The molecule has 334 valence electrons. The fraction of sp³-hybridized carbons (Fsp3) is 0.667. The van der Waals surface area contributed by atoms with Gasteiger partial charge in [-0.05, 0) is 144 Å². The summed E-state index contributed by atoms with van der Waals surface area (Å²) in [4.78, 5) is 11.9. The first-order valence-electron chi connectivity index (χ1n) is 26.9. The van der Waals surface area contributed by atoms with E-state index in [-0.39, 0.29) is 32.5 Å².